The molecule has 9 nitrogen and oxygen atoms in total. The van der Waals surface area contributed by atoms with Crippen molar-refractivity contribution in [1.82, 2.24) is 29.8 Å². The number of amides is 1. The third-order valence-corrected chi connectivity index (χ3v) is 5.29. The maximum absolute atomic E-state index is 12.5. The lowest BCUT2D eigenvalue weighted by molar-refractivity contribution is -0.115. The summed E-state index contributed by atoms with van der Waals surface area (Å²) in [6, 6.07) is 5.89. The zero-order valence-corrected chi connectivity index (χ0v) is 15.9. The van der Waals surface area contributed by atoms with E-state index in [2.05, 4.69) is 30.6 Å². The number of nitrogen functional groups attached to an aromatic ring is 1. The van der Waals surface area contributed by atoms with Crippen molar-refractivity contribution in [2.45, 2.75) is 27.2 Å². The van der Waals surface area contributed by atoms with Crippen LogP contribution in [-0.4, -0.2) is 35.7 Å². The van der Waals surface area contributed by atoms with E-state index in [1.54, 1.807) is 15.9 Å². The van der Waals surface area contributed by atoms with Crippen LogP contribution in [0.5, 0.6) is 0 Å². The fourth-order valence-corrected chi connectivity index (χ4v) is 3.75. The number of nitrogens with one attached hydrogen (secondary N) is 2. The van der Waals surface area contributed by atoms with Gasteiger partial charge in [0.15, 0.2) is 5.82 Å². The molecule has 0 fully saturated rings. The summed E-state index contributed by atoms with van der Waals surface area (Å²) in [7, 11) is 0. The van der Waals surface area contributed by atoms with Crippen LogP contribution in [0.3, 0.4) is 0 Å². The van der Waals surface area contributed by atoms with Gasteiger partial charge in [-0.3, -0.25) is 9.89 Å². The number of carbonyl (C=O) groups is 1. The number of aromatic nitrogens is 6. The number of hydrogen-bond acceptors (Lipinski definition) is 7. The number of nitrogens with zero attached hydrogens (tertiary/aromatic N) is 5. The largest absolute Gasteiger partial charge is 0.366 e. The van der Waals surface area contributed by atoms with Crippen LogP contribution in [0.1, 0.15) is 21.8 Å². The Hall–Kier alpha value is -3.27. The zero-order valence-electron chi connectivity index (χ0n) is 15.1. The summed E-state index contributed by atoms with van der Waals surface area (Å²) in [6.07, 6.45) is 0.153. The van der Waals surface area contributed by atoms with Gasteiger partial charge in [-0.15, -0.1) is 16.4 Å². The van der Waals surface area contributed by atoms with Gasteiger partial charge in [0.2, 0.25) is 11.9 Å². The molecule has 0 aliphatic carbocycles. The van der Waals surface area contributed by atoms with Gasteiger partial charge in [-0.1, -0.05) is 0 Å². The van der Waals surface area contributed by atoms with Crippen LogP contribution >= 0.6 is 11.3 Å². The van der Waals surface area contributed by atoms with Crippen molar-refractivity contribution in [2.75, 3.05) is 11.1 Å². The number of nitrogens with two attached hydrogens (primary N) is 1. The molecule has 0 radical (unpaired) electrons. The Bertz CT molecular complexity index is 1160. The third-order valence-electron chi connectivity index (χ3n) is 4.25. The van der Waals surface area contributed by atoms with Crippen LogP contribution in [0.25, 0.3) is 16.3 Å². The Morgan fingerprint density at radius 3 is 2.85 bits per heavy atom. The van der Waals surface area contributed by atoms with Gasteiger partial charge in [-0.2, -0.15) is 14.6 Å². The van der Waals surface area contributed by atoms with Crippen molar-refractivity contribution in [3.05, 3.63) is 40.0 Å². The Morgan fingerprint density at radius 2 is 2.11 bits per heavy atom. The molecule has 27 heavy (non-hydrogen) atoms. The average Bonchev–Trinajstić information content (AvgIpc) is 3.31. The Morgan fingerprint density at radius 1 is 1.30 bits per heavy atom. The normalized spacial score (nSPS) is 11.2. The molecule has 0 aliphatic rings. The van der Waals surface area contributed by atoms with E-state index in [0.717, 1.165) is 27.5 Å². The second kappa shape index (κ2) is 6.47. The summed E-state index contributed by atoms with van der Waals surface area (Å²) in [6.45, 7) is 5.75. The predicted molar refractivity (Wildman–Crippen MR) is 104 cm³/mol. The summed E-state index contributed by atoms with van der Waals surface area (Å²) in [5.74, 6) is 0.876. The molecule has 0 saturated heterocycles. The van der Waals surface area contributed by atoms with Crippen molar-refractivity contribution in [3.63, 3.8) is 0 Å². The number of fused-ring (bicyclic) bond motifs is 1. The summed E-state index contributed by atoms with van der Waals surface area (Å²) in [5.41, 5.74) is 8.81. The first-order chi connectivity index (χ1) is 12.9. The van der Waals surface area contributed by atoms with Crippen LogP contribution in [0.2, 0.25) is 0 Å². The number of anilines is 2. The Labute approximate surface area is 158 Å². The molecule has 0 spiro atoms. The molecular weight excluding hydrogens is 364 g/mol. The number of carbonyl (C=O) groups excluding carboxylic acids is 1. The van der Waals surface area contributed by atoms with E-state index in [1.807, 2.05) is 39.0 Å². The van der Waals surface area contributed by atoms with Gasteiger partial charge in [0, 0.05) is 27.9 Å². The van der Waals surface area contributed by atoms with Crippen molar-refractivity contribution >= 4 is 34.8 Å². The topological polar surface area (TPSA) is 127 Å². The Kier molecular flexibility index (Phi) is 4.11. The molecule has 138 valence electrons. The van der Waals surface area contributed by atoms with E-state index in [4.69, 9.17) is 5.73 Å². The maximum atomic E-state index is 12.5. The molecule has 0 aliphatic heterocycles. The first-order valence-electron chi connectivity index (χ1n) is 8.31. The van der Waals surface area contributed by atoms with Crippen molar-refractivity contribution in [3.8, 4) is 10.6 Å². The predicted octanol–water partition coefficient (Wildman–Crippen LogP) is 2.26. The quantitative estimate of drug-likeness (QED) is 0.497. The van der Waals surface area contributed by atoms with Crippen molar-refractivity contribution in [1.29, 1.82) is 0 Å². The monoisotopic (exact) mass is 382 g/mol. The molecule has 4 rings (SSSR count). The van der Waals surface area contributed by atoms with Crippen LogP contribution in [0, 0.1) is 20.8 Å². The lowest BCUT2D eigenvalue weighted by atomic mass is 10.1. The lowest BCUT2D eigenvalue weighted by Crippen LogP contribution is -2.18. The molecule has 10 heteroatoms. The van der Waals surface area contributed by atoms with Crippen molar-refractivity contribution in [2.24, 2.45) is 0 Å². The van der Waals surface area contributed by atoms with Gasteiger partial charge in [-0.05, 0) is 32.9 Å². The highest BCUT2D eigenvalue weighted by atomic mass is 32.1. The summed E-state index contributed by atoms with van der Waals surface area (Å²) < 4.78 is 1.55. The molecule has 0 unspecified atom stereocenters. The van der Waals surface area contributed by atoms with Crippen LogP contribution in [0.15, 0.2) is 18.2 Å². The van der Waals surface area contributed by atoms with Crippen LogP contribution in [0.4, 0.5) is 11.8 Å². The van der Waals surface area contributed by atoms with E-state index in [0.29, 0.717) is 11.6 Å². The van der Waals surface area contributed by atoms with Gasteiger partial charge < -0.3 is 11.1 Å². The molecule has 0 bridgehead atoms. The highest BCUT2D eigenvalue weighted by Gasteiger charge is 2.16. The standard InChI is InChI=1S/C17H18N8OS/c1-8-4-5-13(27-8)12-7-14(23-22-12)20-15(26)6-11-9(2)19-17-21-16(18)24-25(17)10(11)3/h4-5,7H,6H2,1-3H3,(H2,18,24)(H2,20,22,23,26). The van der Waals surface area contributed by atoms with Crippen LogP contribution in [-0.2, 0) is 11.2 Å². The molecule has 1 amide bonds. The third kappa shape index (κ3) is 3.26. The molecular formula is C17H18N8OS. The minimum absolute atomic E-state index is 0.152. The van der Waals surface area contributed by atoms with Gasteiger partial charge in [-0.25, -0.2) is 4.98 Å². The van der Waals surface area contributed by atoms with E-state index in [9.17, 15) is 4.79 Å². The molecule has 4 aromatic heterocycles. The second-order valence-electron chi connectivity index (χ2n) is 6.25. The van der Waals surface area contributed by atoms with Gasteiger partial charge in [0.05, 0.1) is 17.0 Å². The minimum Gasteiger partial charge on any atom is -0.366 e. The summed E-state index contributed by atoms with van der Waals surface area (Å²) in [4.78, 5) is 23.2. The fourth-order valence-electron chi connectivity index (χ4n) is 2.92. The number of hydrogen-bond donors (Lipinski definition) is 3. The summed E-state index contributed by atoms with van der Waals surface area (Å²) >= 11 is 1.66. The molecule has 0 aromatic carbocycles. The van der Waals surface area contributed by atoms with Gasteiger partial charge in [0.25, 0.3) is 5.78 Å². The van der Waals surface area contributed by atoms with Crippen LogP contribution < -0.4 is 11.1 Å². The molecule has 0 atom stereocenters. The van der Waals surface area contributed by atoms with E-state index < -0.39 is 0 Å². The fraction of sp³-hybridized carbons (Fsp3) is 0.235. The van der Waals surface area contributed by atoms with E-state index in [1.165, 1.54) is 4.88 Å². The first kappa shape index (κ1) is 17.2. The lowest BCUT2D eigenvalue weighted by Gasteiger charge is -2.09. The summed E-state index contributed by atoms with van der Waals surface area (Å²) in [5, 5.41) is 14.1. The van der Waals surface area contributed by atoms with Gasteiger partial charge >= 0.3 is 0 Å². The number of rotatable bonds is 4. The highest BCUT2D eigenvalue weighted by Crippen LogP contribution is 2.27. The van der Waals surface area contributed by atoms with E-state index in [-0.39, 0.29) is 18.3 Å². The smallest absolute Gasteiger partial charge is 0.254 e. The second-order valence-corrected chi connectivity index (χ2v) is 7.53. The molecule has 0 saturated carbocycles. The highest BCUT2D eigenvalue weighted by molar-refractivity contribution is 7.15. The van der Waals surface area contributed by atoms with Gasteiger partial charge in [0.1, 0.15) is 0 Å². The number of aromatic amines is 1. The average molecular weight is 382 g/mol. The Balaban J connectivity index is 1.53. The molecule has 4 N–H and O–H groups in total. The molecule has 4 aromatic rings. The first-order valence-corrected chi connectivity index (χ1v) is 9.13. The maximum Gasteiger partial charge on any atom is 0.254 e. The number of thiophene rings is 1. The van der Waals surface area contributed by atoms with Crippen molar-refractivity contribution < 1.29 is 4.79 Å². The minimum atomic E-state index is -0.184. The van der Waals surface area contributed by atoms with E-state index >= 15 is 0 Å². The number of aryl methyl sites for hydroxylation is 3. The number of H-pyrrole nitrogens is 1. The molecule has 4 heterocycles. The SMILES string of the molecule is Cc1ccc(-c2cc(NC(=O)Cc3c(C)nc4nc(N)nn4c3C)n[nH]2)s1. The zero-order chi connectivity index (χ0) is 19.1.